The molecule has 7 nitrogen and oxygen atoms in total. The molecule has 0 saturated heterocycles. The minimum Gasteiger partial charge on any atom is -0.495 e. The Hall–Kier alpha value is -2.58. The van der Waals surface area contributed by atoms with Crippen LogP contribution in [0.4, 0.5) is 5.69 Å². The first-order chi connectivity index (χ1) is 13.3. The fourth-order valence-corrected chi connectivity index (χ4v) is 4.30. The van der Waals surface area contributed by atoms with Gasteiger partial charge in [-0.15, -0.1) is 0 Å². The summed E-state index contributed by atoms with van der Waals surface area (Å²) in [7, 11) is -2.48. The number of carbonyl (C=O) groups is 1. The van der Waals surface area contributed by atoms with Gasteiger partial charge in [0.1, 0.15) is 16.4 Å². The molecule has 0 heterocycles. The number of benzene rings is 2. The molecule has 0 fully saturated rings. The van der Waals surface area contributed by atoms with E-state index < -0.39 is 15.9 Å². The standard InChI is InChI=1S/C20H26N2O5S/c1-5-22(28(24,25)19-13-15(3)7-12-18(19)26-4)14-20(23)21-16-8-10-17(11-9-16)27-6-2/h7-13H,5-6,14H2,1-4H3,(H,21,23). The van der Waals surface area contributed by atoms with E-state index in [4.69, 9.17) is 9.47 Å². The van der Waals surface area contributed by atoms with Gasteiger partial charge in [0.2, 0.25) is 15.9 Å². The van der Waals surface area contributed by atoms with Gasteiger partial charge in [-0.25, -0.2) is 8.42 Å². The highest BCUT2D eigenvalue weighted by molar-refractivity contribution is 7.89. The van der Waals surface area contributed by atoms with Gasteiger partial charge in [0.25, 0.3) is 0 Å². The van der Waals surface area contributed by atoms with Crippen LogP contribution in [0.1, 0.15) is 19.4 Å². The summed E-state index contributed by atoms with van der Waals surface area (Å²) in [6, 6.07) is 11.8. The molecule has 0 aliphatic rings. The second kappa shape index (κ2) is 9.57. The average Bonchev–Trinajstić information content (AvgIpc) is 2.67. The molecule has 2 rings (SSSR count). The topological polar surface area (TPSA) is 84.9 Å². The predicted molar refractivity (Wildman–Crippen MR) is 108 cm³/mol. The summed E-state index contributed by atoms with van der Waals surface area (Å²) < 4.78 is 37.8. The number of rotatable bonds is 9. The summed E-state index contributed by atoms with van der Waals surface area (Å²) in [4.78, 5) is 12.5. The Bertz CT molecular complexity index is 911. The van der Waals surface area contributed by atoms with Crippen molar-refractivity contribution in [1.29, 1.82) is 0 Å². The summed E-state index contributed by atoms with van der Waals surface area (Å²) in [5.41, 5.74) is 1.35. The number of hydrogen-bond acceptors (Lipinski definition) is 5. The Morgan fingerprint density at radius 1 is 1.11 bits per heavy atom. The van der Waals surface area contributed by atoms with Gasteiger partial charge in [0.05, 0.1) is 20.3 Å². The maximum atomic E-state index is 13.0. The molecule has 0 atom stereocenters. The van der Waals surface area contributed by atoms with Gasteiger partial charge in [-0.05, 0) is 55.8 Å². The van der Waals surface area contributed by atoms with E-state index >= 15 is 0 Å². The molecule has 0 spiro atoms. The number of ether oxygens (including phenoxy) is 2. The first-order valence-corrected chi connectivity index (χ1v) is 10.4. The van der Waals surface area contributed by atoms with E-state index in [0.29, 0.717) is 18.0 Å². The Morgan fingerprint density at radius 2 is 1.79 bits per heavy atom. The van der Waals surface area contributed by atoms with Crippen LogP contribution in [0, 0.1) is 6.92 Å². The number of anilines is 1. The Kier molecular flexibility index (Phi) is 7.42. The second-order valence-electron chi connectivity index (χ2n) is 6.09. The zero-order chi connectivity index (χ0) is 20.7. The van der Waals surface area contributed by atoms with E-state index in [9.17, 15) is 13.2 Å². The predicted octanol–water partition coefficient (Wildman–Crippen LogP) is 3.05. The molecule has 0 saturated carbocycles. The molecule has 0 radical (unpaired) electrons. The second-order valence-corrected chi connectivity index (χ2v) is 8.00. The van der Waals surface area contributed by atoms with E-state index in [2.05, 4.69) is 5.32 Å². The number of carbonyl (C=O) groups excluding carboxylic acids is 1. The van der Waals surface area contributed by atoms with Gasteiger partial charge in [0, 0.05) is 12.2 Å². The van der Waals surface area contributed by atoms with Crippen molar-refractivity contribution in [2.45, 2.75) is 25.7 Å². The summed E-state index contributed by atoms with van der Waals surface area (Å²) in [6.07, 6.45) is 0. The van der Waals surface area contributed by atoms with Gasteiger partial charge in [-0.3, -0.25) is 4.79 Å². The summed E-state index contributed by atoms with van der Waals surface area (Å²) >= 11 is 0. The van der Waals surface area contributed by atoms with Gasteiger partial charge >= 0.3 is 0 Å². The van der Waals surface area contributed by atoms with Crippen LogP contribution in [0.15, 0.2) is 47.4 Å². The third-order valence-corrected chi connectivity index (χ3v) is 6.00. The van der Waals surface area contributed by atoms with Crippen molar-refractivity contribution in [3.05, 3.63) is 48.0 Å². The first-order valence-electron chi connectivity index (χ1n) is 8.99. The number of aryl methyl sites for hydroxylation is 1. The molecule has 1 N–H and O–H groups in total. The quantitative estimate of drug-likeness (QED) is 0.692. The molecule has 0 bridgehead atoms. The van der Waals surface area contributed by atoms with Crippen molar-refractivity contribution in [2.24, 2.45) is 0 Å². The van der Waals surface area contributed by atoms with Crippen molar-refractivity contribution in [3.63, 3.8) is 0 Å². The fraction of sp³-hybridized carbons (Fsp3) is 0.350. The van der Waals surface area contributed by atoms with Crippen LogP contribution >= 0.6 is 0 Å². The first kappa shape index (κ1) is 21.7. The van der Waals surface area contributed by atoms with Crippen molar-refractivity contribution in [3.8, 4) is 11.5 Å². The van der Waals surface area contributed by atoms with Crippen LogP contribution in [0.2, 0.25) is 0 Å². The highest BCUT2D eigenvalue weighted by Crippen LogP contribution is 2.27. The van der Waals surface area contributed by atoms with Gasteiger partial charge in [0.15, 0.2) is 0 Å². The van der Waals surface area contributed by atoms with E-state index in [1.165, 1.54) is 7.11 Å². The molecule has 2 aromatic rings. The zero-order valence-corrected chi connectivity index (χ0v) is 17.4. The van der Waals surface area contributed by atoms with Gasteiger partial charge in [-0.2, -0.15) is 4.31 Å². The monoisotopic (exact) mass is 406 g/mol. The molecular formula is C20H26N2O5S. The third-order valence-electron chi connectivity index (χ3n) is 4.06. The van der Waals surface area contributed by atoms with Gasteiger partial charge in [-0.1, -0.05) is 13.0 Å². The highest BCUT2D eigenvalue weighted by Gasteiger charge is 2.28. The maximum Gasteiger partial charge on any atom is 0.247 e. The summed E-state index contributed by atoms with van der Waals surface area (Å²) in [6.45, 7) is 5.77. The van der Waals surface area contributed by atoms with Crippen LogP contribution in [0.5, 0.6) is 11.5 Å². The average molecular weight is 407 g/mol. The highest BCUT2D eigenvalue weighted by atomic mass is 32.2. The molecule has 0 aliphatic heterocycles. The van der Waals surface area contributed by atoms with Crippen molar-refractivity contribution in [1.82, 2.24) is 4.31 Å². The minimum atomic E-state index is -3.89. The lowest BCUT2D eigenvalue weighted by Gasteiger charge is -2.21. The van der Waals surface area contributed by atoms with Gasteiger partial charge < -0.3 is 14.8 Å². The maximum absolute atomic E-state index is 13.0. The van der Waals surface area contributed by atoms with Crippen LogP contribution in [0.3, 0.4) is 0 Å². The summed E-state index contributed by atoms with van der Waals surface area (Å²) in [5.74, 6) is 0.516. The number of nitrogens with zero attached hydrogens (tertiary/aromatic N) is 1. The van der Waals surface area contributed by atoms with E-state index in [1.54, 1.807) is 56.3 Å². The lowest BCUT2D eigenvalue weighted by molar-refractivity contribution is -0.116. The number of amides is 1. The van der Waals surface area contributed by atoms with Crippen molar-refractivity contribution < 1.29 is 22.7 Å². The van der Waals surface area contributed by atoms with Crippen LogP contribution in [-0.4, -0.2) is 45.4 Å². The Balaban J connectivity index is 2.16. The number of methoxy groups -OCH3 is 1. The number of likely N-dealkylation sites (N-methyl/N-ethyl adjacent to an activating group) is 1. The fourth-order valence-electron chi connectivity index (χ4n) is 2.65. The lowest BCUT2D eigenvalue weighted by atomic mass is 10.2. The van der Waals surface area contributed by atoms with E-state index in [1.807, 2.05) is 6.92 Å². The SMILES string of the molecule is CCOc1ccc(NC(=O)CN(CC)S(=O)(=O)c2cc(C)ccc2OC)cc1. The largest absolute Gasteiger partial charge is 0.495 e. The minimum absolute atomic E-state index is 0.0470. The number of sulfonamides is 1. The van der Waals surface area contributed by atoms with Crippen LogP contribution in [-0.2, 0) is 14.8 Å². The van der Waals surface area contributed by atoms with E-state index in [-0.39, 0.29) is 23.7 Å². The molecule has 8 heteroatoms. The normalized spacial score (nSPS) is 11.3. The molecule has 0 unspecified atom stereocenters. The third kappa shape index (κ3) is 5.24. The zero-order valence-electron chi connectivity index (χ0n) is 16.6. The molecule has 0 aromatic heterocycles. The number of hydrogen-bond donors (Lipinski definition) is 1. The molecular weight excluding hydrogens is 380 g/mol. The molecule has 152 valence electrons. The molecule has 1 amide bonds. The van der Waals surface area contributed by atoms with Crippen LogP contribution < -0.4 is 14.8 Å². The Morgan fingerprint density at radius 3 is 2.36 bits per heavy atom. The molecule has 28 heavy (non-hydrogen) atoms. The van der Waals surface area contributed by atoms with E-state index in [0.717, 1.165) is 9.87 Å². The molecule has 2 aromatic carbocycles. The summed E-state index contributed by atoms with van der Waals surface area (Å²) in [5, 5.41) is 2.71. The lowest BCUT2D eigenvalue weighted by Crippen LogP contribution is -2.38. The molecule has 0 aliphatic carbocycles. The van der Waals surface area contributed by atoms with Crippen LogP contribution in [0.25, 0.3) is 0 Å². The van der Waals surface area contributed by atoms with Crippen molar-refractivity contribution >= 4 is 21.6 Å². The smallest absolute Gasteiger partial charge is 0.247 e. The Labute approximate surface area is 166 Å². The van der Waals surface area contributed by atoms with Crippen molar-refractivity contribution in [2.75, 3.05) is 32.1 Å². The number of nitrogens with one attached hydrogen (secondary N) is 1.